The Morgan fingerprint density at radius 1 is 0.947 bits per heavy atom. The summed E-state index contributed by atoms with van der Waals surface area (Å²) in [6.45, 7) is 3.78. The van der Waals surface area contributed by atoms with Crippen molar-refractivity contribution < 1.29 is 8.78 Å². The van der Waals surface area contributed by atoms with Crippen molar-refractivity contribution in [2.24, 2.45) is 0 Å². The molecule has 0 spiro atoms. The number of fused-ring (bicyclic) bond motifs is 3. The predicted molar refractivity (Wildman–Crippen MR) is 73.3 cm³/mol. The molecule has 1 aliphatic rings. The summed E-state index contributed by atoms with van der Waals surface area (Å²) in [4.78, 5) is 0. The second kappa shape index (κ2) is 4.44. The molecule has 0 aromatic heterocycles. The van der Waals surface area contributed by atoms with Crippen LogP contribution in [-0.2, 0) is 12.8 Å². The lowest BCUT2D eigenvalue weighted by Crippen LogP contribution is -1.96. The number of rotatable bonds is 2. The summed E-state index contributed by atoms with van der Waals surface area (Å²) in [7, 11) is 0. The van der Waals surface area contributed by atoms with E-state index in [0.29, 0.717) is 23.1 Å². The topological polar surface area (TPSA) is 0 Å². The van der Waals surface area contributed by atoms with E-state index >= 15 is 0 Å². The molecule has 0 nitrogen and oxygen atoms in total. The average molecular weight is 258 g/mol. The average Bonchev–Trinajstić information content (AvgIpc) is 2.78. The summed E-state index contributed by atoms with van der Waals surface area (Å²) in [5, 5.41) is 0. The first-order chi connectivity index (χ1) is 9.13. The fraction of sp³-hybridized carbons (Fsp3) is 0.294. The summed E-state index contributed by atoms with van der Waals surface area (Å²) < 4.78 is 28.6. The second-order valence-electron chi connectivity index (χ2n) is 5.21. The lowest BCUT2D eigenvalue weighted by molar-refractivity contribution is 0.589. The maximum atomic E-state index is 14.4. The molecule has 0 fully saturated rings. The molecule has 0 saturated carbocycles. The molecule has 1 aliphatic carbocycles. The van der Waals surface area contributed by atoms with Crippen LogP contribution in [0.3, 0.4) is 0 Å². The molecule has 2 aromatic rings. The fourth-order valence-corrected chi connectivity index (χ4v) is 2.90. The van der Waals surface area contributed by atoms with Gasteiger partial charge in [-0.1, -0.05) is 37.6 Å². The quantitative estimate of drug-likeness (QED) is 0.619. The highest BCUT2D eigenvalue weighted by Gasteiger charge is 2.26. The van der Waals surface area contributed by atoms with E-state index in [1.165, 1.54) is 0 Å². The van der Waals surface area contributed by atoms with E-state index in [2.05, 4.69) is 0 Å². The highest BCUT2D eigenvalue weighted by Crippen LogP contribution is 2.40. The van der Waals surface area contributed by atoms with Gasteiger partial charge in [-0.3, -0.25) is 0 Å². The van der Waals surface area contributed by atoms with Crippen LogP contribution in [0.1, 0.15) is 35.6 Å². The zero-order valence-electron chi connectivity index (χ0n) is 11.2. The van der Waals surface area contributed by atoms with E-state index < -0.39 is 0 Å². The van der Waals surface area contributed by atoms with Crippen molar-refractivity contribution in [3.63, 3.8) is 0 Å². The Kier molecular flexibility index (Phi) is 2.89. The maximum Gasteiger partial charge on any atom is 0.130 e. The molecule has 0 heterocycles. The lowest BCUT2D eigenvalue weighted by Gasteiger charge is -2.07. The Morgan fingerprint density at radius 2 is 1.58 bits per heavy atom. The molecule has 0 unspecified atom stereocenters. The van der Waals surface area contributed by atoms with Gasteiger partial charge in [-0.25, -0.2) is 8.78 Å². The zero-order valence-corrected chi connectivity index (χ0v) is 11.2. The van der Waals surface area contributed by atoms with Crippen LogP contribution in [0.5, 0.6) is 0 Å². The standard InChI is InChI=1S/C17H16F2/c1-3-4-11-6-8-13-12-7-5-10(2)16(18)14(12)9-15(13)17(11)19/h5-8H,3-4,9H2,1-2H3. The number of hydrogen-bond donors (Lipinski definition) is 0. The van der Waals surface area contributed by atoms with E-state index in [9.17, 15) is 8.78 Å². The zero-order chi connectivity index (χ0) is 13.6. The maximum absolute atomic E-state index is 14.4. The van der Waals surface area contributed by atoms with Crippen molar-refractivity contribution in [3.8, 4) is 11.1 Å². The molecule has 0 N–H and O–H groups in total. The first-order valence-corrected chi connectivity index (χ1v) is 6.72. The molecule has 2 aromatic carbocycles. The van der Waals surface area contributed by atoms with Gasteiger partial charge < -0.3 is 0 Å². The van der Waals surface area contributed by atoms with Crippen molar-refractivity contribution in [1.82, 2.24) is 0 Å². The molecule has 2 heteroatoms. The Hall–Kier alpha value is -1.70. The first kappa shape index (κ1) is 12.3. The van der Waals surface area contributed by atoms with Crippen LogP contribution in [0.2, 0.25) is 0 Å². The van der Waals surface area contributed by atoms with Gasteiger partial charge in [0.25, 0.3) is 0 Å². The van der Waals surface area contributed by atoms with E-state index in [0.717, 1.165) is 29.5 Å². The minimum Gasteiger partial charge on any atom is -0.206 e. The third-order valence-corrected chi connectivity index (χ3v) is 3.92. The van der Waals surface area contributed by atoms with Gasteiger partial charge >= 0.3 is 0 Å². The molecule has 0 amide bonds. The minimum atomic E-state index is -0.190. The molecule has 3 rings (SSSR count). The van der Waals surface area contributed by atoms with Crippen LogP contribution < -0.4 is 0 Å². The van der Waals surface area contributed by atoms with Gasteiger partial charge in [0.1, 0.15) is 11.6 Å². The molecule has 0 aliphatic heterocycles. The van der Waals surface area contributed by atoms with E-state index in [-0.39, 0.29) is 11.6 Å². The van der Waals surface area contributed by atoms with Gasteiger partial charge in [0.15, 0.2) is 0 Å². The molecular formula is C17H16F2. The van der Waals surface area contributed by atoms with E-state index in [1.54, 1.807) is 13.0 Å². The van der Waals surface area contributed by atoms with Crippen LogP contribution in [0.15, 0.2) is 24.3 Å². The Morgan fingerprint density at radius 3 is 2.26 bits per heavy atom. The number of aryl methyl sites for hydroxylation is 2. The van der Waals surface area contributed by atoms with Crippen LogP contribution in [-0.4, -0.2) is 0 Å². The third kappa shape index (κ3) is 1.78. The highest BCUT2D eigenvalue weighted by molar-refractivity contribution is 5.77. The Labute approximate surface area is 112 Å². The molecule has 19 heavy (non-hydrogen) atoms. The molecule has 98 valence electrons. The second-order valence-corrected chi connectivity index (χ2v) is 5.21. The molecular weight excluding hydrogens is 242 g/mol. The summed E-state index contributed by atoms with van der Waals surface area (Å²) in [5.41, 5.74) is 4.37. The number of benzene rings is 2. The number of halogens is 2. The van der Waals surface area contributed by atoms with Gasteiger partial charge in [0, 0.05) is 17.5 Å². The summed E-state index contributed by atoms with van der Waals surface area (Å²) in [6, 6.07) is 7.44. The van der Waals surface area contributed by atoms with Gasteiger partial charge in [-0.05, 0) is 35.6 Å². The van der Waals surface area contributed by atoms with Crippen LogP contribution in [0, 0.1) is 18.6 Å². The fourth-order valence-electron chi connectivity index (χ4n) is 2.90. The minimum absolute atomic E-state index is 0.146. The smallest absolute Gasteiger partial charge is 0.130 e. The van der Waals surface area contributed by atoms with Crippen LogP contribution in [0.25, 0.3) is 11.1 Å². The monoisotopic (exact) mass is 258 g/mol. The molecule has 0 atom stereocenters. The van der Waals surface area contributed by atoms with E-state index in [4.69, 9.17) is 0 Å². The summed E-state index contributed by atoms with van der Waals surface area (Å²) >= 11 is 0. The van der Waals surface area contributed by atoms with Gasteiger partial charge in [0.2, 0.25) is 0 Å². The van der Waals surface area contributed by atoms with Gasteiger partial charge in [0.05, 0.1) is 0 Å². The predicted octanol–water partition coefficient (Wildman–Crippen LogP) is 4.80. The summed E-state index contributed by atoms with van der Waals surface area (Å²) in [6.07, 6.45) is 2.02. The normalized spacial score (nSPS) is 12.4. The molecule has 0 radical (unpaired) electrons. The largest absolute Gasteiger partial charge is 0.206 e. The lowest BCUT2D eigenvalue weighted by atomic mass is 10.00. The highest BCUT2D eigenvalue weighted by atomic mass is 19.1. The molecule has 0 saturated heterocycles. The SMILES string of the molecule is CCCc1ccc2c(c1F)Cc1c-2ccc(C)c1F. The van der Waals surface area contributed by atoms with Crippen LogP contribution >= 0.6 is 0 Å². The Bertz CT molecular complexity index is 657. The summed E-state index contributed by atoms with van der Waals surface area (Å²) in [5.74, 6) is -0.335. The first-order valence-electron chi connectivity index (χ1n) is 6.72. The number of hydrogen-bond acceptors (Lipinski definition) is 0. The van der Waals surface area contributed by atoms with E-state index in [1.807, 2.05) is 25.1 Å². The van der Waals surface area contributed by atoms with Gasteiger partial charge in [-0.2, -0.15) is 0 Å². The van der Waals surface area contributed by atoms with Gasteiger partial charge in [-0.15, -0.1) is 0 Å². The van der Waals surface area contributed by atoms with Crippen molar-refractivity contribution in [2.75, 3.05) is 0 Å². The van der Waals surface area contributed by atoms with Crippen LogP contribution in [0.4, 0.5) is 8.78 Å². The van der Waals surface area contributed by atoms with Crippen molar-refractivity contribution in [1.29, 1.82) is 0 Å². The van der Waals surface area contributed by atoms with Crippen molar-refractivity contribution in [3.05, 3.63) is 58.2 Å². The third-order valence-electron chi connectivity index (χ3n) is 3.92. The van der Waals surface area contributed by atoms with Crippen molar-refractivity contribution in [2.45, 2.75) is 33.1 Å². The molecule has 0 bridgehead atoms. The van der Waals surface area contributed by atoms with Crippen molar-refractivity contribution >= 4 is 0 Å². The Balaban J connectivity index is 2.17.